The SMILES string of the molecule is O=S(=O)(N1CCCCC1)N1CCC(=NO)CC1. The number of nitrogens with zero attached hydrogens (tertiary/aromatic N) is 3. The molecule has 2 heterocycles. The van der Waals surface area contributed by atoms with Crippen LogP contribution >= 0.6 is 0 Å². The molecule has 2 fully saturated rings. The Morgan fingerprint density at radius 2 is 1.47 bits per heavy atom. The van der Waals surface area contributed by atoms with Gasteiger partial charge in [0.2, 0.25) is 0 Å². The predicted molar refractivity (Wildman–Crippen MR) is 64.4 cm³/mol. The van der Waals surface area contributed by atoms with E-state index in [0.717, 1.165) is 19.3 Å². The Labute approximate surface area is 102 Å². The van der Waals surface area contributed by atoms with Gasteiger partial charge in [-0.15, -0.1) is 0 Å². The van der Waals surface area contributed by atoms with Crippen LogP contribution in [-0.4, -0.2) is 54.1 Å². The lowest BCUT2D eigenvalue weighted by molar-refractivity contribution is 0.292. The van der Waals surface area contributed by atoms with E-state index in [1.807, 2.05) is 0 Å². The van der Waals surface area contributed by atoms with E-state index in [-0.39, 0.29) is 0 Å². The van der Waals surface area contributed by atoms with Crippen LogP contribution in [0.2, 0.25) is 0 Å². The van der Waals surface area contributed by atoms with Crippen LogP contribution in [0.5, 0.6) is 0 Å². The molecule has 17 heavy (non-hydrogen) atoms. The molecule has 0 amide bonds. The molecule has 0 atom stereocenters. The topological polar surface area (TPSA) is 73.2 Å². The maximum Gasteiger partial charge on any atom is 0.281 e. The number of oxime groups is 1. The van der Waals surface area contributed by atoms with E-state index < -0.39 is 10.2 Å². The lowest BCUT2D eigenvalue weighted by Crippen LogP contribution is -2.48. The summed E-state index contributed by atoms with van der Waals surface area (Å²) in [5, 5.41) is 11.8. The minimum Gasteiger partial charge on any atom is -0.411 e. The van der Waals surface area contributed by atoms with Crippen molar-refractivity contribution in [3.05, 3.63) is 0 Å². The smallest absolute Gasteiger partial charge is 0.281 e. The molecule has 1 N–H and O–H groups in total. The first-order chi connectivity index (χ1) is 8.14. The van der Waals surface area contributed by atoms with Crippen LogP contribution in [0.1, 0.15) is 32.1 Å². The molecule has 0 aromatic heterocycles. The quantitative estimate of drug-likeness (QED) is 0.585. The van der Waals surface area contributed by atoms with Gasteiger partial charge < -0.3 is 5.21 Å². The highest BCUT2D eigenvalue weighted by Crippen LogP contribution is 2.19. The van der Waals surface area contributed by atoms with E-state index in [1.165, 1.54) is 4.31 Å². The Hall–Kier alpha value is -0.660. The maximum atomic E-state index is 12.3. The Morgan fingerprint density at radius 1 is 0.941 bits per heavy atom. The van der Waals surface area contributed by atoms with Crippen LogP contribution in [0.4, 0.5) is 0 Å². The largest absolute Gasteiger partial charge is 0.411 e. The van der Waals surface area contributed by atoms with Gasteiger partial charge in [-0.2, -0.15) is 17.0 Å². The standard InChI is InChI=1S/C10H19N3O3S/c14-11-10-4-8-13(9-5-10)17(15,16)12-6-2-1-3-7-12/h14H,1-9H2. The highest BCUT2D eigenvalue weighted by molar-refractivity contribution is 7.86. The summed E-state index contributed by atoms with van der Waals surface area (Å²) >= 11 is 0. The third kappa shape index (κ3) is 2.78. The molecule has 0 aromatic carbocycles. The van der Waals surface area contributed by atoms with Crippen molar-refractivity contribution in [2.75, 3.05) is 26.2 Å². The summed E-state index contributed by atoms with van der Waals surface area (Å²) < 4.78 is 27.7. The van der Waals surface area contributed by atoms with Crippen LogP contribution in [-0.2, 0) is 10.2 Å². The fraction of sp³-hybridized carbons (Fsp3) is 0.900. The maximum absolute atomic E-state index is 12.3. The minimum absolute atomic E-state index is 0.429. The van der Waals surface area contributed by atoms with Crippen LogP contribution in [0.3, 0.4) is 0 Å². The van der Waals surface area contributed by atoms with Gasteiger partial charge in [-0.05, 0) is 12.8 Å². The van der Waals surface area contributed by atoms with Crippen molar-refractivity contribution >= 4 is 15.9 Å². The summed E-state index contributed by atoms with van der Waals surface area (Å²) in [6.45, 7) is 2.13. The van der Waals surface area contributed by atoms with Crippen molar-refractivity contribution in [2.45, 2.75) is 32.1 Å². The molecule has 2 rings (SSSR count). The monoisotopic (exact) mass is 261 g/mol. The van der Waals surface area contributed by atoms with Gasteiger partial charge in [0.05, 0.1) is 5.71 Å². The van der Waals surface area contributed by atoms with Crippen molar-refractivity contribution in [1.82, 2.24) is 8.61 Å². The second-order valence-corrected chi connectivity index (χ2v) is 6.46. The van der Waals surface area contributed by atoms with E-state index in [0.29, 0.717) is 44.7 Å². The second-order valence-electron chi connectivity index (χ2n) is 4.53. The van der Waals surface area contributed by atoms with Crippen molar-refractivity contribution in [2.24, 2.45) is 5.16 Å². The fourth-order valence-corrected chi connectivity index (χ4v) is 4.02. The molecule has 98 valence electrons. The minimum atomic E-state index is -3.29. The summed E-state index contributed by atoms with van der Waals surface area (Å²) in [7, 11) is -3.29. The summed E-state index contributed by atoms with van der Waals surface area (Å²) in [6, 6.07) is 0. The zero-order chi connectivity index (χ0) is 12.3. The zero-order valence-electron chi connectivity index (χ0n) is 9.88. The number of hydrogen-bond acceptors (Lipinski definition) is 4. The van der Waals surface area contributed by atoms with Gasteiger partial charge in [0, 0.05) is 39.0 Å². The second kappa shape index (κ2) is 5.32. The van der Waals surface area contributed by atoms with Crippen LogP contribution in [0.25, 0.3) is 0 Å². The zero-order valence-corrected chi connectivity index (χ0v) is 10.7. The van der Waals surface area contributed by atoms with E-state index in [2.05, 4.69) is 5.16 Å². The van der Waals surface area contributed by atoms with Crippen molar-refractivity contribution < 1.29 is 13.6 Å². The van der Waals surface area contributed by atoms with Gasteiger partial charge in [0.1, 0.15) is 0 Å². The molecule has 0 unspecified atom stereocenters. The van der Waals surface area contributed by atoms with E-state index in [4.69, 9.17) is 5.21 Å². The molecule has 7 heteroatoms. The molecule has 2 aliphatic heterocycles. The molecule has 6 nitrogen and oxygen atoms in total. The first-order valence-corrected chi connectivity index (χ1v) is 7.49. The highest BCUT2D eigenvalue weighted by atomic mass is 32.2. The van der Waals surface area contributed by atoms with Gasteiger partial charge in [-0.3, -0.25) is 0 Å². The highest BCUT2D eigenvalue weighted by Gasteiger charge is 2.32. The molecule has 2 saturated heterocycles. The summed E-state index contributed by atoms with van der Waals surface area (Å²) in [4.78, 5) is 0. The first kappa shape index (κ1) is 12.8. The lowest BCUT2D eigenvalue weighted by atomic mass is 10.1. The summed E-state index contributed by atoms with van der Waals surface area (Å²) in [6.07, 6.45) is 4.09. The Bertz CT molecular complexity index is 378. The van der Waals surface area contributed by atoms with Gasteiger partial charge in [0.15, 0.2) is 0 Å². The van der Waals surface area contributed by atoms with E-state index >= 15 is 0 Å². The summed E-state index contributed by atoms with van der Waals surface area (Å²) in [5.74, 6) is 0. The first-order valence-electron chi connectivity index (χ1n) is 6.09. The molecular weight excluding hydrogens is 242 g/mol. The Morgan fingerprint density at radius 3 is 2.00 bits per heavy atom. The molecule has 2 aliphatic rings. The average Bonchev–Trinajstić information content (AvgIpc) is 2.40. The van der Waals surface area contributed by atoms with Gasteiger partial charge in [0.25, 0.3) is 10.2 Å². The Kier molecular flexibility index (Phi) is 4.01. The van der Waals surface area contributed by atoms with Crippen LogP contribution in [0.15, 0.2) is 5.16 Å². The number of rotatable bonds is 2. The number of piperidine rings is 2. The van der Waals surface area contributed by atoms with Gasteiger partial charge in [-0.1, -0.05) is 11.6 Å². The van der Waals surface area contributed by atoms with Crippen molar-refractivity contribution in [1.29, 1.82) is 0 Å². The van der Waals surface area contributed by atoms with Gasteiger partial charge in [-0.25, -0.2) is 0 Å². The van der Waals surface area contributed by atoms with E-state index in [9.17, 15) is 8.42 Å². The lowest BCUT2D eigenvalue weighted by Gasteiger charge is -2.33. The predicted octanol–water partition coefficient (Wildman–Crippen LogP) is 0.643. The Balaban J connectivity index is 2.01. The number of hydrogen-bond donors (Lipinski definition) is 1. The third-order valence-electron chi connectivity index (χ3n) is 3.41. The average molecular weight is 261 g/mol. The normalized spacial score (nSPS) is 24.8. The molecule has 0 aromatic rings. The van der Waals surface area contributed by atoms with Crippen LogP contribution in [0, 0.1) is 0 Å². The molecule has 0 aliphatic carbocycles. The van der Waals surface area contributed by atoms with E-state index in [1.54, 1.807) is 4.31 Å². The molecule has 0 saturated carbocycles. The van der Waals surface area contributed by atoms with Gasteiger partial charge >= 0.3 is 0 Å². The molecular formula is C10H19N3O3S. The van der Waals surface area contributed by atoms with Crippen LogP contribution < -0.4 is 0 Å². The van der Waals surface area contributed by atoms with Crippen molar-refractivity contribution in [3.8, 4) is 0 Å². The third-order valence-corrected chi connectivity index (χ3v) is 5.44. The molecule has 0 bridgehead atoms. The van der Waals surface area contributed by atoms with Crippen molar-refractivity contribution in [3.63, 3.8) is 0 Å². The molecule has 0 radical (unpaired) electrons. The fourth-order valence-electron chi connectivity index (χ4n) is 2.33. The molecule has 0 spiro atoms. The summed E-state index contributed by atoms with van der Waals surface area (Å²) in [5.41, 5.74) is 0.690.